The van der Waals surface area contributed by atoms with Crippen LogP contribution in [0.1, 0.15) is 25.0 Å². The lowest BCUT2D eigenvalue weighted by Gasteiger charge is -2.35. The van der Waals surface area contributed by atoms with Crippen LogP contribution in [0.25, 0.3) is 0 Å². The molecule has 0 aliphatic carbocycles. The molecule has 0 spiro atoms. The third-order valence-electron chi connectivity index (χ3n) is 3.93. The molecular formula is C18H28N4O2. The van der Waals surface area contributed by atoms with Gasteiger partial charge in [-0.15, -0.1) is 0 Å². The minimum absolute atomic E-state index is 0.223. The van der Waals surface area contributed by atoms with Gasteiger partial charge in [0, 0.05) is 32.7 Å². The van der Waals surface area contributed by atoms with Crippen molar-refractivity contribution in [1.82, 2.24) is 15.1 Å². The average Bonchev–Trinajstić information content (AvgIpc) is 2.59. The summed E-state index contributed by atoms with van der Waals surface area (Å²) >= 11 is 0. The lowest BCUT2D eigenvalue weighted by Crippen LogP contribution is -2.53. The van der Waals surface area contributed by atoms with Crippen LogP contribution in [0.3, 0.4) is 0 Å². The van der Waals surface area contributed by atoms with Gasteiger partial charge in [0.05, 0.1) is 13.2 Å². The molecule has 0 bridgehead atoms. The lowest BCUT2D eigenvalue weighted by molar-refractivity contribution is 0.0914. The largest absolute Gasteiger partial charge is 0.450 e. The van der Waals surface area contributed by atoms with Crippen LogP contribution in [0.2, 0.25) is 0 Å². The molecule has 1 amide bonds. The predicted molar refractivity (Wildman–Crippen MR) is 96.2 cm³/mol. The molecule has 1 aliphatic rings. The first-order chi connectivity index (χ1) is 11.6. The van der Waals surface area contributed by atoms with Crippen molar-refractivity contribution in [2.24, 2.45) is 4.99 Å². The number of aryl methyl sites for hydroxylation is 1. The van der Waals surface area contributed by atoms with Crippen molar-refractivity contribution in [2.75, 3.05) is 39.3 Å². The van der Waals surface area contributed by atoms with Gasteiger partial charge in [0.2, 0.25) is 0 Å². The molecule has 1 saturated heterocycles. The van der Waals surface area contributed by atoms with Crippen LogP contribution in [0.4, 0.5) is 4.79 Å². The molecular weight excluding hydrogens is 304 g/mol. The summed E-state index contributed by atoms with van der Waals surface area (Å²) in [4.78, 5) is 20.5. The maximum atomic E-state index is 11.8. The number of piperazine rings is 1. The number of hydrogen-bond acceptors (Lipinski definition) is 3. The Hall–Kier alpha value is -2.24. The third-order valence-corrected chi connectivity index (χ3v) is 3.93. The summed E-state index contributed by atoms with van der Waals surface area (Å²) in [6, 6.07) is 8.41. The highest BCUT2D eigenvalue weighted by Gasteiger charge is 2.23. The van der Waals surface area contributed by atoms with Crippen molar-refractivity contribution < 1.29 is 9.53 Å². The van der Waals surface area contributed by atoms with E-state index in [1.54, 1.807) is 4.90 Å². The second-order valence-electron chi connectivity index (χ2n) is 5.83. The number of carbonyl (C=O) groups excluding carboxylic acids is 1. The van der Waals surface area contributed by atoms with Crippen molar-refractivity contribution >= 4 is 12.1 Å². The Morgan fingerprint density at radius 1 is 1.21 bits per heavy atom. The third kappa shape index (κ3) is 5.15. The summed E-state index contributed by atoms with van der Waals surface area (Å²) in [7, 11) is 0. The van der Waals surface area contributed by atoms with Crippen molar-refractivity contribution in [3.63, 3.8) is 0 Å². The summed E-state index contributed by atoms with van der Waals surface area (Å²) in [5, 5.41) is 3.35. The molecule has 1 aromatic carbocycles. The quantitative estimate of drug-likeness (QED) is 0.679. The molecule has 132 valence electrons. The van der Waals surface area contributed by atoms with Gasteiger partial charge < -0.3 is 19.9 Å². The molecule has 0 aromatic heterocycles. The molecule has 0 atom stereocenters. The molecule has 0 radical (unpaired) electrons. The van der Waals surface area contributed by atoms with E-state index >= 15 is 0 Å². The van der Waals surface area contributed by atoms with Crippen LogP contribution in [-0.2, 0) is 11.3 Å². The predicted octanol–water partition coefficient (Wildman–Crippen LogP) is 2.23. The number of guanidine groups is 1. The summed E-state index contributed by atoms with van der Waals surface area (Å²) < 4.78 is 5.06. The van der Waals surface area contributed by atoms with E-state index in [2.05, 4.69) is 48.3 Å². The van der Waals surface area contributed by atoms with Gasteiger partial charge in [0.15, 0.2) is 5.96 Å². The van der Waals surface area contributed by atoms with Crippen LogP contribution >= 0.6 is 0 Å². The standard InChI is InChI=1S/C18H28N4O2/c1-4-19-17(20-14-16-8-6-7-15(3)13-16)21-9-11-22(12-10-21)18(23)24-5-2/h6-8,13H,4-5,9-12,14H2,1-3H3,(H,19,20). The number of aliphatic imine (C=N–C) groups is 1. The van der Waals surface area contributed by atoms with Crippen molar-refractivity contribution in [2.45, 2.75) is 27.3 Å². The average molecular weight is 332 g/mol. The van der Waals surface area contributed by atoms with E-state index in [-0.39, 0.29) is 6.09 Å². The van der Waals surface area contributed by atoms with E-state index in [0.29, 0.717) is 26.2 Å². The van der Waals surface area contributed by atoms with Crippen molar-refractivity contribution in [3.8, 4) is 0 Å². The van der Waals surface area contributed by atoms with E-state index in [1.165, 1.54) is 11.1 Å². The molecule has 1 aromatic rings. The fourth-order valence-corrected chi connectivity index (χ4v) is 2.72. The summed E-state index contributed by atoms with van der Waals surface area (Å²) in [5.41, 5.74) is 2.45. The van der Waals surface area contributed by atoms with Gasteiger partial charge in [0.25, 0.3) is 0 Å². The van der Waals surface area contributed by atoms with Crippen LogP contribution in [0, 0.1) is 6.92 Å². The zero-order valence-electron chi connectivity index (χ0n) is 14.9. The highest BCUT2D eigenvalue weighted by Crippen LogP contribution is 2.08. The van der Waals surface area contributed by atoms with Crippen LogP contribution in [0.5, 0.6) is 0 Å². The number of nitrogens with one attached hydrogen (secondary N) is 1. The highest BCUT2D eigenvalue weighted by atomic mass is 16.6. The van der Waals surface area contributed by atoms with E-state index < -0.39 is 0 Å². The molecule has 1 N–H and O–H groups in total. The van der Waals surface area contributed by atoms with Gasteiger partial charge in [0.1, 0.15) is 0 Å². The van der Waals surface area contributed by atoms with Crippen LogP contribution < -0.4 is 5.32 Å². The number of ether oxygens (including phenoxy) is 1. The number of hydrogen-bond donors (Lipinski definition) is 1. The van der Waals surface area contributed by atoms with Gasteiger partial charge in [-0.2, -0.15) is 0 Å². The van der Waals surface area contributed by atoms with Gasteiger partial charge in [-0.3, -0.25) is 0 Å². The van der Waals surface area contributed by atoms with Gasteiger partial charge in [-0.25, -0.2) is 9.79 Å². The summed E-state index contributed by atoms with van der Waals surface area (Å²) in [6.07, 6.45) is -0.223. The Morgan fingerprint density at radius 3 is 2.54 bits per heavy atom. The fraction of sp³-hybridized carbons (Fsp3) is 0.556. The first kappa shape index (κ1) is 18.1. The Bertz CT molecular complexity index is 566. The monoisotopic (exact) mass is 332 g/mol. The number of nitrogens with zero attached hydrogens (tertiary/aromatic N) is 3. The molecule has 6 nitrogen and oxygen atoms in total. The number of rotatable bonds is 4. The van der Waals surface area contributed by atoms with Crippen LogP contribution in [-0.4, -0.2) is 61.2 Å². The Labute approximate surface area is 144 Å². The minimum atomic E-state index is -0.223. The second kappa shape index (κ2) is 9.15. The molecule has 1 fully saturated rings. The molecule has 24 heavy (non-hydrogen) atoms. The molecule has 1 heterocycles. The maximum Gasteiger partial charge on any atom is 0.409 e. The van der Waals surface area contributed by atoms with E-state index in [1.807, 2.05) is 6.92 Å². The van der Waals surface area contributed by atoms with E-state index in [4.69, 9.17) is 9.73 Å². The molecule has 0 unspecified atom stereocenters. The topological polar surface area (TPSA) is 57.2 Å². The zero-order valence-corrected chi connectivity index (χ0v) is 14.9. The smallest absolute Gasteiger partial charge is 0.409 e. The lowest BCUT2D eigenvalue weighted by atomic mass is 10.1. The zero-order chi connectivity index (χ0) is 17.4. The van der Waals surface area contributed by atoms with Gasteiger partial charge in [-0.1, -0.05) is 29.8 Å². The van der Waals surface area contributed by atoms with Gasteiger partial charge >= 0.3 is 6.09 Å². The molecule has 2 rings (SSSR count). The first-order valence-electron chi connectivity index (χ1n) is 8.64. The molecule has 0 saturated carbocycles. The number of carbonyl (C=O) groups is 1. The van der Waals surface area contributed by atoms with E-state index in [9.17, 15) is 4.79 Å². The summed E-state index contributed by atoms with van der Waals surface area (Å²) in [6.45, 7) is 10.7. The van der Waals surface area contributed by atoms with Crippen LogP contribution in [0.15, 0.2) is 29.3 Å². The first-order valence-corrected chi connectivity index (χ1v) is 8.64. The van der Waals surface area contributed by atoms with Crippen molar-refractivity contribution in [1.29, 1.82) is 0 Å². The normalized spacial score (nSPS) is 15.4. The van der Waals surface area contributed by atoms with Crippen molar-refractivity contribution in [3.05, 3.63) is 35.4 Å². The maximum absolute atomic E-state index is 11.8. The van der Waals surface area contributed by atoms with E-state index in [0.717, 1.165) is 25.6 Å². The van der Waals surface area contributed by atoms with Gasteiger partial charge in [-0.05, 0) is 26.3 Å². The Kier molecular flexibility index (Phi) is 6.90. The Balaban J connectivity index is 1.95. The summed E-state index contributed by atoms with van der Waals surface area (Å²) in [5.74, 6) is 0.905. The molecule has 6 heteroatoms. The SMILES string of the molecule is CCNC(=NCc1cccc(C)c1)N1CCN(C(=O)OCC)CC1. The second-order valence-corrected chi connectivity index (χ2v) is 5.83. The minimum Gasteiger partial charge on any atom is -0.450 e. The number of amides is 1. The highest BCUT2D eigenvalue weighted by molar-refractivity contribution is 5.80. The molecule has 1 aliphatic heterocycles. The Morgan fingerprint density at radius 2 is 1.92 bits per heavy atom. The number of benzene rings is 1. The fourth-order valence-electron chi connectivity index (χ4n) is 2.72.